The Balaban J connectivity index is 1.59. The minimum Gasteiger partial charge on any atom is -0.440 e. The second kappa shape index (κ2) is 7.44. The van der Waals surface area contributed by atoms with E-state index in [9.17, 15) is 9.59 Å². The fourth-order valence-corrected chi connectivity index (χ4v) is 3.04. The van der Waals surface area contributed by atoms with Gasteiger partial charge in [-0.05, 0) is 38.4 Å². The van der Waals surface area contributed by atoms with Crippen molar-refractivity contribution >= 4 is 23.0 Å². The normalized spacial score (nSPS) is 18.5. The maximum Gasteiger partial charge on any atom is 0.321 e. The minimum absolute atomic E-state index is 0.170. The fraction of sp³-hybridized carbons (Fsp3) is 0.471. The monoisotopic (exact) mass is 330 g/mol. The molecule has 1 fully saturated rings. The van der Waals surface area contributed by atoms with E-state index < -0.39 is 6.03 Å². The molecule has 0 saturated carbocycles. The van der Waals surface area contributed by atoms with Crippen LogP contribution < -0.4 is 10.6 Å². The van der Waals surface area contributed by atoms with E-state index in [-0.39, 0.29) is 18.4 Å². The number of nitrogens with one attached hydrogen (secondary N) is 2. The minimum atomic E-state index is -0.449. The molecule has 1 aliphatic rings. The molecule has 0 bridgehead atoms. The molecule has 1 saturated heterocycles. The number of para-hydroxylation sites is 2. The molecule has 0 unspecified atom stereocenters. The summed E-state index contributed by atoms with van der Waals surface area (Å²) in [4.78, 5) is 29.9. The van der Waals surface area contributed by atoms with Gasteiger partial charge >= 0.3 is 6.03 Å². The van der Waals surface area contributed by atoms with Crippen LogP contribution in [0.2, 0.25) is 0 Å². The predicted octanol–water partition coefficient (Wildman–Crippen LogP) is 1.85. The van der Waals surface area contributed by atoms with Crippen molar-refractivity contribution in [1.82, 2.24) is 20.5 Å². The van der Waals surface area contributed by atoms with Crippen molar-refractivity contribution in [2.75, 3.05) is 26.2 Å². The molecule has 3 amide bonds. The van der Waals surface area contributed by atoms with E-state index in [1.807, 2.05) is 29.2 Å². The number of rotatable bonds is 4. The van der Waals surface area contributed by atoms with Gasteiger partial charge in [-0.3, -0.25) is 15.0 Å². The molecule has 7 heteroatoms. The number of hydrogen-bond acceptors (Lipinski definition) is 5. The Kier molecular flexibility index (Phi) is 5.10. The van der Waals surface area contributed by atoms with Gasteiger partial charge in [0.1, 0.15) is 5.52 Å². The van der Waals surface area contributed by atoms with Gasteiger partial charge in [-0.25, -0.2) is 9.78 Å². The molecule has 1 aliphatic heterocycles. The summed E-state index contributed by atoms with van der Waals surface area (Å²) in [5, 5.41) is 4.88. The van der Waals surface area contributed by atoms with Gasteiger partial charge < -0.3 is 9.73 Å². The van der Waals surface area contributed by atoms with Gasteiger partial charge in [-0.1, -0.05) is 12.1 Å². The van der Waals surface area contributed by atoms with Gasteiger partial charge in [-0.2, -0.15) is 0 Å². The quantitative estimate of drug-likeness (QED) is 0.893. The zero-order valence-corrected chi connectivity index (χ0v) is 13.7. The summed E-state index contributed by atoms with van der Waals surface area (Å²) in [6.45, 7) is 4.03. The fourth-order valence-electron chi connectivity index (χ4n) is 3.04. The Morgan fingerprint density at radius 1 is 1.38 bits per heavy atom. The number of benzene rings is 1. The van der Waals surface area contributed by atoms with E-state index in [0.717, 1.165) is 36.4 Å². The Hall–Kier alpha value is -2.41. The summed E-state index contributed by atoms with van der Waals surface area (Å²) in [6.07, 6.45) is 1.96. The lowest BCUT2D eigenvalue weighted by atomic mass is 9.98. The van der Waals surface area contributed by atoms with Crippen molar-refractivity contribution in [3.8, 4) is 0 Å². The van der Waals surface area contributed by atoms with E-state index in [2.05, 4.69) is 15.6 Å². The molecule has 2 N–H and O–H groups in total. The molecule has 128 valence electrons. The maximum atomic E-state index is 11.9. The lowest BCUT2D eigenvalue weighted by Gasteiger charge is -2.30. The van der Waals surface area contributed by atoms with Gasteiger partial charge in [0.25, 0.3) is 0 Å². The van der Waals surface area contributed by atoms with Crippen LogP contribution in [0.3, 0.4) is 0 Å². The van der Waals surface area contributed by atoms with E-state index in [1.54, 1.807) is 6.92 Å². The van der Waals surface area contributed by atoms with Crippen LogP contribution >= 0.6 is 0 Å². The lowest BCUT2D eigenvalue weighted by Crippen LogP contribution is -2.46. The van der Waals surface area contributed by atoms with Gasteiger partial charge in [0.2, 0.25) is 5.91 Å². The molecule has 7 nitrogen and oxygen atoms in total. The Labute approximate surface area is 140 Å². The van der Waals surface area contributed by atoms with Crippen LogP contribution in [0, 0.1) is 0 Å². The number of amides is 3. The summed E-state index contributed by atoms with van der Waals surface area (Å²) in [6, 6.07) is 7.26. The summed E-state index contributed by atoms with van der Waals surface area (Å²) in [5.74, 6) is 0.604. The third-order valence-corrected chi connectivity index (χ3v) is 4.12. The van der Waals surface area contributed by atoms with E-state index >= 15 is 0 Å². The SMILES string of the molecule is CCNC(=O)NC(=O)CN1CCC[C@H](c2nc3ccccc3o2)C1. The average Bonchev–Trinajstić information content (AvgIpc) is 2.99. The maximum absolute atomic E-state index is 11.9. The number of imide groups is 1. The smallest absolute Gasteiger partial charge is 0.321 e. The van der Waals surface area contributed by atoms with E-state index in [4.69, 9.17) is 4.42 Å². The molecule has 0 aliphatic carbocycles. The molecular weight excluding hydrogens is 308 g/mol. The third kappa shape index (κ3) is 3.91. The first-order valence-electron chi connectivity index (χ1n) is 8.31. The zero-order valence-electron chi connectivity index (χ0n) is 13.7. The third-order valence-electron chi connectivity index (χ3n) is 4.12. The number of urea groups is 1. The first kappa shape index (κ1) is 16.4. The predicted molar refractivity (Wildman–Crippen MR) is 89.6 cm³/mol. The van der Waals surface area contributed by atoms with Crippen molar-refractivity contribution in [1.29, 1.82) is 0 Å². The number of oxazole rings is 1. The topological polar surface area (TPSA) is 87.5 Å². The highest BCUT2D eigenvalue weighted by Gasteiger charge is 2.26. The van der Waals surface area contributed by atoms with Crippen LogP contribution in [-0.2, 0) is 4.79 Å². The molecule has 2 aromatic rings. The average molecular weight is 330 g/mol. The van der Waals surface area contributed by atoms with E-state index in [0.29, 0.717) is 13.1 Å². The first-order valence-corrected chi connectivity index (χ1v) is 8.31. The molecule has 1 aromatic heterocycles. The van der Waals surface area contributed by atoms with E-state index in [1.165, 1.54) is 0 Å². The summed E-state index contributed by atoms with van der Waals surface area (Å²) in [7, 11) is 0. The molecule has 2 heterocycles. The number of piperidine rings is 1. The lowest BCUT2D eigenvalue weighted by molar-refractivity contribution is -0.121. The van der Waals surface area contributed by atoms with Crippen molar-refractivity contribution < 1.29 is 14.0 Å². The van der Waals surface area contributed by atoms with Gasteiger partial charge in [-0.15, -0.1) is 0 Å². The highest BCUT2D eigenvalue weighted by atomic mass is 16.3. The van der Waals surface area contributed by atoms with Crippen LogP contribution in [-0.4, -0.2) is 48.0 Å². The number of carbonyl (C=O) groups excluding carboxylic acids is 2. The molecule has 1 aromatic carbocycles. The Morgan fingerprint density at radius 3 is 3.00 bits per heavy atom. The first-order chi connectivity index (χ1) is 11.7. The van der Waals surface area contributed by atoms with Crippen LogP contribution in [0.5, 0.6) is 0 Å². The molecule has 3 rings (SSSR count). The molecule has 0 spiro atoms. The molecule has 1 atom stereocenters. The molecule has 0 radical (unpaired) electrons. The van der Waals surface area contributed by atoms with Crippen LogP contribution in [0.15, 0.2) is 28.7 Å². The van der Waals surface area contributed by atoms with Gasteiger partial charge in [0.15, 0.2) is 11.5 Å². The van der Waals surface area contributed by atoms with Crippen LogP contribution in [0.4, 0.5) is 4.79 Å². The number of fused-ring (bicyclic) bond motifs is 1. The van der Waals surface area contributed by atoms with Gasteiger partial charge in [0, 0.05) is 19.0 Å². The van der Waals surface area contributed by atoms with Gasteiger partial charge in [0.05, 0.1) is 6.54 Å². The summed E-state index contributed by atoms with van der Waals surface area (Å²) in [5.41, 5.74) is 1.65. The summed E-state index contributed by atoms with van der Waals surface area (Å²) < 4.78 is 5.85. The Bertz CT molecular complexity index is 694. The number of nitrogens with zero attached hydrogens (tertiary/aromatic N) is 2. The van der Waals surface area contributed by atoms with Crippen LogP contribution in [0.25, 0.3) is 11.1 Å². The van der Waals surface area contributed by atoms with Crippen molar-refractivity contribution in [2.24, 2.45) is 0 Å². The number of aromatic nitrogens is 1. The largest absolute Gasteiger partial charge is 0.440 e. The zero-order chi connectivity index (χ0) is 16.9. The van der Waals surface area contributed by atoms with Crippen molar-refractivity contribution in [2.45, 2.75) is 25.7 Å². The summed E-state index contributed by atoms with van der Waals surface area (Å²) >= 11 is 0. The van der Waals surface area contributed by atoms with Crippen LogP contribution in [0.1, 0.15) is 31.6 Å². The number of likely N-dealkylation sites (tertiary alicyclic amines) is 1. The Morgan fingerprint density at radius 2 is 2.21 bits per heavy atom. The standard InChI is InChI=1S/C17H22N4O3/c1-2-18-17(23)20-15(22)11-21-9-5-6-12(10-21)16-19-13-7-3-4-8-14(13)24-16/h3-4,7-8,12H,2,5-6,9-11H2,1H3,(H2,18,20,22,23)/t12-/m0/s1. The second-order valence-corrected chi connectivity index (χ2v) is 6.00. The number of hydrogen-bond donors (Lipinski definition) is 2. The number of carbonyl (C=O) groups is 2. The highest BCUT2D eigenvalue weighted by molar-refractivity contribution is 5.95. The van der Waals surface area contributed by atoms with Crippen molar-refractivity contribution in [3.05, 3.63) is 30.2 Å². The molecule has 24 heavy (non-hydrogen) atoms. The second-order valence-electron chi connectivity index (χ2n) is 6.00. The molecular formula is C17H22N4O3. The highest BCUT2D eigenvalue weighted by Crippen LogP contribution is 2.28. The van der Waals surface area contributed by atoms with Crippen molar-refractivity contribution in [3.63, 3.8) is 0 Å².